The van der Waals surface area contributed by atoms with E-state index in [1.54, 1.807) is 18.3 Å². The van der Waals surface area contributed by atoms with Crippen molar-refractivity contribution in [3.63, 3.8) is 0 Å². The third-order valence-corrected chi connectivity index (χ3v) is 2.48. The van der Waals surface area contributed by atoms with Crippen LogP contribution in [-0.2, 0) is 6.61 Å². The van der Waals surface area contributed by atoms with Crippen LogP contribution in [-0.4, -0.2) is 10.1 Å². The number of nitrogens with one attached hydrogen (secondary N) is 1. The molecule has 1 aromatic heterocycles. The molecule has 14 heavy (non-hydrogen) atoms. The van der Waals surface area contributed by atoms with Gasteiger partial charge in [0.05, 0.1) is 12.1 Å². The lowest BCUT2D eigenvalue weighted by Gasteiger charge is -2.05. The summed E-state index contributed by atoms with van der Waals surface area (Å²) >= 11 is 0. The number of aromatic amines is 1. The second-order valence-electron chi connectivity index (χ2n) is 3.27. The van der Waals surface area contributed by atoms with Crippen molar-refractivity contribution in [2.45, 2.75) is 13.5 Å². The molecule has 0 radical (unpaired) electrons. The zero-order chi connectivity index (χ0) is 10.1. The topological polar surface area (TPSA) is 53.1 Å². The number of hydrogen-bond donors (Lipinski definition) is 2. The second-order valence-corrected chi connectivity index (χ2v) is 3.27. The number of aromatic nitrogens is 1. The fourth-order valence-corrected chi connectivity index (χ4v) is 1.61. The monoisotopic (exact) mass is 189 g/mol. The molecule has 0 amide bonds. The van der Waals surface area contributed by atoms with Crippen molar-refractivity contribution in [3.8, 4) is 0 Å². The maximum atomic E-state index is 11.4. The summed E-state index contributed by atoms with van der Waals surface area (Å²) in [5, 5.41) is 9.72. The van der Waals surface area contributed by atoms with Crippen LogP contribution in [0.25, 0.3) is 10.9 Å². The van der Waals surface area contributed by atoms with Gasteiger partial charge in [-0.15, -0.1) is 0 Å². The Morgan fingerprint density at radius 1 is 1.36 bits per heavy atom. The minimum Gasteiger partial charge on any atom is -0.392 e. The van der Waals surface area contributed by atoms with Gasteiger partial charge in [-0.25, -0.2) is 0 Å². The van der Waals surface area contributed by atoms with Gasteiger partial charge >= 0.3 is 0 Å². The molecule has 0 unspecified atom stereocenters. The summed E-state index contributed by atoms with van der Waals surface area (Å²) in [6, 6.07) is 5.03. The quantitative estimate of drug-likeness (QED) is 0.711. The van der Waals surface area contributed by atoms with E-state index in [1.165, 1.54) is 6.07 Å². The molecule has 2 N–H and O–H groups in total. The van der Waals surface area contributed by atoms with E-state index < -0.39 is 0 Å². The molecule has 0 aliphatic heterocycles. The van der Waals surface area contributed by atoms with Crippen LogP contribution in [0.1, 0.15) is 11.1 Å². The lowest BCUT2D eigenvalue weighted by molar-refractivity contribution is 0.281. The zero-order valence-corrected chi connectivity index (χ0v) is 7.87. The van der Waals surface area contributed by atoms with Crippen LogP contribution in [0.2, 0.25) is 0 Å². The Labute approximate surface area is 81.0 Å². The molecule has 3 heteroatoms. The molecule has 0 spiro atoms. The molecular weight excluding hydrogens is 178 g/mol. The van der Waals surface area contributed by atoms with Crippen LogP contribution >= 0.6 is 0 Å². The number of rotatable bonds is 1. The number of hydrogen-bond acceptors (Lipinski definition) is 2. The van der Waals surface area contributed by atoms with Crippen molar-refractivity contribution < 1.29 is 5.11 Å². The first-order chi connectivity index (χ1) is 6.74. The van der Waals surface area contributed by atoms with Gasteiger partial charge in [0.15, 0.2) is 5.43 Å². The highest BCUT2D eigenvalue weighted by molar-refractivity contribution is 5.82. The van der Waals surface area contributed by atoms with E-state index in [0.29, 0.717) is 5.39 Å². The number of pyridine rings is 1. The van der Waals surface area contributed by atoms with Crippen molar-refractivity contribution in [2.24, 2.45) is 0 Å². The normalized spacial score (nSPS) is 10.7. The summed E-state index contributed by atoms with van der Waals surface area (Å²) in [6.45, 7) is 1.89. The van der Waals surface area contributed by atoms with Crippen LogP contribution in [0, 0.1) is 6.92 Å². The molecule has 0 saturated heterocycles. The van der Waals surface area contributed by atoms with Gasteiger partial charge in [-0.3, -0.25) is 4.79 Å². The Balaban J connectivity index is 2.91. The SMILES string of the molecule is Cc1c(CO)ccc2c(=O)cc[nH]c12. The minimum absolute atomic E-state index is 0.00129. The molecule has 0 fully saturated rings. The minimum atomic E-state index is -0.00129. The molecule has 0 aliphatic carbocycles. The molecule has 0 bridgehead atoms. The maximum absolute atomic E-state index is 11.4. The van der Waals surface area contributed by atoms with E-state index in [0.717, 1.165) is 16.6 Å². The summed E-state index contributed by atoms with van der Waals surface area (Å²) in [6.07, 6.45) is 1.62. The van der Waals surface area contributed by atoms with Gasteiger partial charge in [0.25, 0.3) is 0 Å². The summed E-state index contributed by atoms with van der Waals surface area (Å²) in [7, 11) is 0. The number of H-pyrrole nitrogens is 1. The number of fused-ring (bicyclic) bond motifs is 1. The lowest BCUT2D eigenvalue weighted by Crippen LogP contribution is -2.02. The van der Waals surface area contributed by atoms with Gasteiger partial charge in [-0.2, -0.15) is 0 Å². The highest BCUT2D eigenvalue weighted by Crippen LogP contribution is 2.16. The van der Waals surface area contributed by atoms with Gasteiger partial charge in [-0.05, 0) is 24.1 Å². The van der Waals surface area contributed by atoms with E-state index in [-0.39, 0.29) is 12.0 Å². The molecule has 0 atom stereocenters. The van der Waals surface area contributed by atoms with E-state index in [4.69, 9.17) is 5.11 Å². The summed E-state index contributed by atoms with van der Waals surface area (Å²) < 4.78 is 0. The largest absolute Gasteiger partial charge is 0.392 e. The number of benzene rings is 1. The second kappa shape index (κ2) is 3.27. The maximum Gasteiger partial charge on any atom is 0.189 e. The van der Waals surface area contributed by atoms with Gasteiger partial charge in [-0.1, -0.05) is 6.07 Å². The van der Waals surface area contributed by atoms with Crippen molar-refractivity contribution in [1.29, 1.82) is 0 Å². The average molecular weight is 189 g/mol. The Kier molecular flexibility index (Phi) is 2.09. The molecule has 0 saturated carbocycles. The molecule has 72 valence electrons. The predicted molar refractivity (Wildman–Crippen MR) is 55.2 cm³/mol. The van der Waals surface area contributed by atoms with E-state index in [1.807, 2.05) is 6.92 Å². The van der Waals surface area contributed by atoms with Gasteiger partial charge in [0, 0.05) is 17.6 Å². The molecule has 1 aromatic carbocycles. The first-order valence-electron chi connectivity index (χ1n) is 4.45. The van der Waals surface area contributed by atoms with Gasteiger partial charge < -0.3 is 10.1 Å². The Bertz CT molecular complexity index is 528. The van der Waals surface area contributed by atoms with Crippen LogP contribution in [0.4, 0.5) is 0 Å². The van der Waals surface area contributed by atoms with Crippen LogP contribution < -0.4 is 5.43 Å². The Hall–Kier alpha value is -1.61. The molecule has 3 nitrogen and oxygen atoms in total. The fourth-order valence-electron chi connectivity index (χ4n) is 1.61. The third kappa shape index (κ3) is 1.22. The fraction of sp³-hybridized carbons (Fsp3) is 0.182. The van der Waals surface area contributed by atoms with Crippen molar-refractivity contribution >= 4 is 10.9 Å². The summed E-state index contributed by atoms with van der Waals surface area (Å²) in [5.74, 6) is 0. The van der Waals surface area contributed by atoms with Gasteiger partial charge in [0.1, 0.15) is 0 Å². The highest BCUT2D eigenvalue weighted by Gasteiger charge is 2.04. The van der Waals surface area contributed by atoms with Crippen LogP contribution in [0.3, 0.4) is 0 Å². The van der Waals surface area contributed by atoms with Crippen LogP contribution in [0.15, 0.2) is 29.2 Å². The number of aryl methyl sites for hydroxylation is 1. The van der Waals surface area contributed by atoms with Crippen molar-refractivity contribution in [3.05, 3.63) is 45.7 Å². The number of aliphatic hydroxyl groups is 1. The molecule has 2 rings (SSSR count). The van der Waals surface area contributed by atoms with E-state index in [2.05, 4.69) is 4.98 Å². The summed E-state index contributed by atoms with van der Waals surface area (Å²) in [5.41, 5.74) is 2.59. The van der Waals surface area contributed by atoms with Crippen molar-refractivity contribution in [2.75, 3.05) is 0 Å². The Morgan fingerprint density at radius 2 is 2.14 bits per heavy atom. The van der Waals surface area contributed by atoms with Crippen molar-refractivity contribution in [1.82, 2.24) is 4.98 Å². The third-order valence-electron chi connectivity index (χ3n) is 2.48. The van der Waals surface area contributed by atoms with E-state index in [9.17, 15) is 4.79 Å². The zero-order valence-electron chi connectivity index (χ0n) is 7.87. The molecule has 0 aliphatic rings. The predicted octanol–water partition coefficient (Wildman–Crippen LogP) is 1.33. The number of aliphatic hydroxyl groups excluding tert-OH is 1. The first kappa shape index (κ1) is 8.97. The molecular formula is C11H11NO2. The van der Waals surface area contributed by atoms with Crippen LogP contribution in [0.5, 0.6) is 0 Å². The summed E-state index contributed by atoms with van der Waals surface area (Å²) in [4.78, 5) is 14.5. The first-order valence-corrected chi connectivity index (χ1v) is 4.45. The average Bonchev–Trinajstić information content (AvgIpc) is 2.20. The Morgan fingerprint density at radius 3 is 2.86 bits per heavy atom. The van der Waals surface area contributed by atoms with Gasteiger partial charge in [0.2, 0.25) is 0 Å². The molecule has 2 aromatic rings. The molecule has 1 heterocycles. The smallest absolute Gasteiger partial charge is 0.189 e. The lowest BCUT2D eigenvalue weighted by atomic mass is 10.0. The highest BCUT2D eigenvalue weighted by atomic mass is 16.3. The van der Waals surface area contributed by atoms with E-state index >= 15 is 0 Å². The standard InChI is InChI=1S/C11H11NO2/c1-7-8(6-13)2-3-9-10(14)4-5-12-11(7)9/h2-5,13H,6H2,1H3,(H,12,14).